The van der Waals surface area contributed by atoms with Crippen LogP contribution in [0, 0.1) is 6.92 Å². The van der Waals surface area contributed by atoms with Crippen LogP contribution in [-0.2, 0) is 15.9 Å². The van der Waals surface area contributed by atoms with Gasteiger partial charge in [0.05, 0.1) is 6.10 Å². The molecule has 0 aromatic heterocycles. The van der Waals surface area contributed by atoms with Gasteiger partial charge >= 0.3 is 5.97 Å². The van der Waals surface area contributed by atoms with Crippen molar-refractivity contribution >= 4 is 5.97 Å². The van der Waals surface area contributed by atoms with Gasteiger partial charge in [0, 0.05) is 26.0 Å². The van der Waals surface area contributed by atoms with Crippen molar-refractivity contribution in [3.8, 4) is 11.5 Å². The fourth-order valence-corrected chi connectivity index (χ4v) is 2.86. The number of rotatable bonds is 1. The van der Waals surface area contributed by atoms with Gasteiger partial charge in [-0.1, -0.05) is 24.3 Å². The predicted molar refractivity (Wildman–Crippen MR) is 96.0 cm³/mol. The normalized spacial score (nSPS) is 24.7. The largest absolute Gasteiger partial charge is 0.508 e. The zero-order valence-corrected chi connectivity index (χ0v) is 15.0. The zero-order valence-electron chi connectivity index (χ0n) is 15.0. The summed E-state index contributed by atoms with van der Waals surface area (Å²) >= 11 is 0. The number of carbonyl (C=O) groups is 1. The Labute approximate surface area is 148 Å². The average Bonchev–Trinajstić information content (AvgIpc) is 2.56. The number of aromatic hydroxyl groups is 2. The van der Waals surface area contributed by atoms with Crippen molar-refractivity contribution < 1.29 is 24.5 Å². The molecule has 0 spiro atoms. The number of cyclic esters (lactones) is 1. The highest BCUT2D eigenvalue weighted by Crippen LogP contribution is 2.34. The number of benzene rings is 1. The van der Waals surface area contributed by atoms with Crippen LogP contribution in [0.1, 0.15) is 47.7 Å². The molecule has 0 saturated heterocycles. The summed E-state index contributed by atoms with van der Waals surface area (Å²) in [7, 11) is 1.59. The smallest absolute Gasteiger partial charge is 0.342 e. The maximum absolute atomic E-state index is 12.6. The molecule has 0 aliphatic carbocycles. The van der Waals surface area contributed by atoms with Crippen molar-refractivity contribution in [2.24, 2.45) is 0 Å². The van der Waals surface area contributed by atoms with Gasteiger partial charge in [0.2, 0.25) is 0 Å². The number of fused-ring (bicyclic) bond motifs is 1. The molecule has 0 fully saturated rings. The predicted octanol–water partition coefficient (Wildman–Crippen LogP) is 3.81. The van der Waals surface area contributed by atoms with Gasteiger partial charge in [-0.3, -0.25) is 0 Å². The Balaban J connectivity index is 2.49. The van der Waals surface area contributed by atoms with Gasteiger partial charge < -0.3 is 19.7 Å². The lowest BCUT2D eigenvalue weighted by atomic mass is 9.94. The van der Waals surface area contributed by atoms with Gasteiger partial charge in [-0.05, 0) is 37.8 Å². The summed E-state index contributed by atoms with van der Waals surface area (Å²) in [6.45, 7) is 3.53. The van der Waals surface area contributed by atoms with Gasteiger partial charge in [0.15, 0.2) is 0 Å². The van der Waals surface area contributed by atoms with Crippen molar-refractivity contribution in [3.63, 3.8) is 0 Å². The minimum Gasteiger partial charge on any atom is -0.508 e. The topological polar surface area (TPSA) is 76.0 Å². The summed E-state index contributed by atoms with van der Waals surface area (Å²) in [4.78, 5) is 12.6. The first kappa shape index (κ1) is 19.1. The van der Waals surface area contributed by atoms with Gasteiger partial charge in [0.25, 0.3) is 0 Å². The molecule has 1 aromatic carbocycles. The zero-order chi connectivity index (χ0) is 18.4. The molecule has 1 aliphatic rings. The van der Waals surface area contributed by atoms with E-state index in [4.69, 9.17) is 9.47 Å². The molecule has 25 heavy (non-hydrogen) atoms. The van der Waals surface area contributed by atoms with Crippen LogP contribution >= 0.6 is 0 Å². The summed E-state index contributed by atoms with van der Waals surface area (Å²) in [6.07, 6.45) is 10.2. The van der Waals surface area contributed by atoms with Crippen LogP contribution in [0.2, 0.25) is 0 Å². The third kappa shape index (κ3) is 4.86. The minimum absolute atomic E-state index is 0.0556. The number of hydrogen-bond acceptors (Lipinski definition) is 5. The van der Waals surface area contributed by atoms with Crippen LogP contribution in [0.3, 0.4) is 0 Å². The fourth-order valence-electron chi connectivity index (χ4n) is 2.86. The van der Waals surface area contributed by atoms with Gasteiger partial charge in [-0.25, -0.2) is 4.79 Å². The Morgan fingerprint density at radius 1 is 1.16 bits per heavy atom. The fraction of sp³-hybridized carbons (Fsp3) is 0.450. The summed E-state index contributed by atoms with van der Waals surface area (Å²) in [5.74, 6) is -0.927. The lowest BCUT2D eigenvalue weighted by Gasteiger charge is -2.20. The molecule has 1 unspecified atom stereocenters. The SMILES string of the molecule is COC1/C=C/CC/C=C/C[C@@H](C)OC(=O)c2c(O)cc(O)c(C)c2C1. The third-order valence-electron chi connectivity index (χ3n) is 4.37. The highest BCUT2D eigenvalue weighted by molar-refractivity contribution is 5.95. The maximum Gasteiger partial charge on any atom is 0.342 e. The van der Waals surface area contributed by atoms with Crippen LogP contribution in [-0.4, -0.2) is 35.5 Å². The molecule has 0 amide bonds. The van der Waals surface area contributed by atoms with E-state index in [1.165, 1.54) is 6.07 Å². The lowest BCUT2D eigenvalue weighted by Crippen LogP contribution is -2.19. The maximum atomic E-state index is 12.6. The lowest BCUT2D eigenvalue weighted by molar-refractivity contribution is 0.0342. The van der Waals surface area contributed by atoms with E-state index in [9.17, 15) is 15.0 Å². The number of esters is 1. The molecule has 1 aromatic rings. The standard InChI is InChI=1S/C20H26O5/c1-13-9-7-5-4-6-8-10-15(24-3)11-16-14(2)17(21)12-18(22)19(16)20(23)25-13/h5,7-8,10,12-13,15,21-22H,4,6,9,11H2,1-3H3/b7-5+,10-8+/t13-,15?/m1/s1. The van der Waals surface area contributed by atoms with Crippen LogP contribution in [0.25, 0.3) is 0 Å². The van der Waals surface area contributed by atoms with Crippen LogP contribution in [0.5, 0.6) is 11.5 Å². The molecule has 5 nitrogen and oxygen atoms in total. The summed E-state index contributed by atoms with van der Waals surface area (Å²) in [5.41, 5.74) is 1.18. The van der Waals surface area contributed by atoms with E-state index in [1.54, 1.807) is 14.0 Å². The van der Waals surface area contributed by atoms with Crippen molar-refractivity contribution in [2.75, 3.05) is 7.11 Å². The third-order valence-corrected chi connectivity index (χ3v) is 4.37. The van der Waals surface area contributed by atoms with E-state index in [0.29, 0.717) is 24.0 Å². The molecule has 0 radical (unpaired) electrons. The summed E-state index contributed by atoms with van der Waals surface area (Å²) in [5, 5.41) is 20.3. The number of ether oxygens (including phenoxy) is 2. The van der Waals surface area contributed by atoms with Gasteiger partial charge in [0.1, 0.15) is 23.2 Å². The highest BCUT2D eigenvalue weighted by atomic mass is 16.5. The number of phenols is 2. The second-order valence-electron chi connectivity index (χ2n) is 6.30. The number of allylic oxidation sites excluding steroid dienone is 2. The van der Waals surface area contributed by atoms with Crippen molar-refractivity contribution in [1.29, 1.82) is 0 Å². The molecule has 5 heteroatoms. The molecule has 0 saturated carbocycles. The van der Waals surface area contributed by atoms with E-state index in [0.717, 1.165) is 12.8 Å². The molecular weight excluding hydrogens is 320 g/mol. The van der Waals surface area contributed by atoms with Gasteiger partial charge in [-0.2, -0.15) is 0 Å². The summed E-state index contributed by atoms with van der Waals surface area (Å²) in [6, 6.07) is 1.18. The minimum atomic E-state index is -0.590. The molecule has 2 atom stereocenters. The second-order valence-corrected chi connectivity index (χ2v) is 6.30. The molecule has 0 bridgehead atoms. The quantitative estimate of drug-likeness (QED) is 0.597. The highest BCUT2D eigenvalue weighted by Gasteiger charge is 2.25. The Morgan fingerprint density at radius 3 is 2.60 bits per heavy atom. The number of hydrogen-bond donors (Lipinski definition) is 2. The number of phenolic OH excluding ortho intramolecular Hbond substituents is 2. The Hall–Kier alpha value is -2.27. The molecule has 1 aliphatic heterocycles. The first-order valence-electron chi connectivity index (χ1n) is 8.53. The molecule has 2 N–H and O–H groups in total. The van der Waals surface area contributed by atoms with Gasteiger partial charge in [-0.15, -0.1) is 0 Å². The van der Waals surface area contributed by atoms with E-state index < -0.39 is 5.97 Å². The van der Waals surface area contributed by atoms with Crippen molar-refractivity contribution in [2.45, 2.75) is 51.7 Å². The van der Waals surface area contributed by atoms with Crippen LogP contribution in [0.15, 0.2) is 30.4 Å². The summed E-state index contributed by atoms with van der Waals surface area (Å²) < 4.78 is 11.0. The first-order valence-corrected chi connectivity index (χ1v) is 8.53. The van der Waals surface area contributed by atoms with Crippen molar-refractivity contribution in [3.05, 3.63) is 47.1 Å². The first-order chi connectivity index (χ1) is 11.9. The van der Waals surface area contributed by atoms with E-state index >= 15 is 0 Å². The van der Waals surface area contributed by atoms with Crippen LogP contribution < -0.4 is 0 Å². The Bertz CT molecular complexity index is 675. The van der Waals surface area contributed by atoms with Crippen LogP contribution in [0.4, 0.5) is 0 Å². The average molecular weight is 346 g/mol. The number of carbonyl (C=O) groups excluding carboxylic acids is 1. The molecule has 136 valence electrons. The van der Waals surface area contributed by atoms with Crippen molar-refractivity contribution in [1.82, 2.24) is 0 Å². The van der Waals surface area contributed by atoms with E-state index in [1.807, 2.05) is 25.2 Å². The second kappa shape index (κ2) is 8.72. The molecular formula is C20H26O5. The van der Waals surface area contributed by atoms with E-state index in [-0.39, 0.29) is 29.3 Å². The number of methoxy groups -OCH3 is 1. The Kier molecular flexibility index (Phi) is 6.65. The molecule has 2 rings (SSSR count). The monoisotopic (exact) mass is 346 g/mol. The molecule has 1 heterocycles. The Morgan fingerprint density at radius 2 is 1.88 bits per heavy atom. The van der Waals surface area contributed by atoms with E-state index in [2.05, 4.69) is 6.08 Å².